The van der Waals surface area contributed by atoms with Gasteiger partial charge in [0.2, 0.25) is 0 Å². The van der Waals surface area contributed by atoms with E-state index in [9.17, 15) is 0 Å². The molecule has 1 aromatic heterocycles. The lowest BCUT2D eigenvalue weighted by Gasteiger charge is -2.33. The second kappa shape index (κ2) is 9.24. The molecule has 0 N–H and O–H groups in total. The van der Waals surface area contributed by atoms with Crippen LogP contribution in [0.3, 0.4) is 0 Å². The molecule has 1 saturated heterocycles. The highest BCUT2D eigenvalue weighted by Gasteiger charge is 2.26. The second-order valence-corrected chi connectivity index (χ2v) is 7.43. The van der Waals surface area contributed by atoms with E-state index in [1.165, 1.54) is 11.1 Å². The van der Waals surface area contributed by atoms with Gasteiger partial charge in [0.25, 0.3) is 0 Å². The van der Waals surface area contributed by atoms with E-state index in [0.29, 0.717) is 6.61 Å². The molecule has 0 aliphatic carbocycles. The van der Waals surface area contributed by atoms with Gasteiger partial charge in [-0.15, -0.1) is 0 Å². The average Bonchev–Trinajstić information content (AvgIpc) is 2.80. The van der Waals surface area contributed by atoms with E-state index in [1.54, 1.807) is 26.6 Å². The lowest BCUT2D eigenvalue weighted by atomic mass is 10.0. The summed E-state index contributed by atoms with van der Waals surface area (Å²) in [6.45, 7) is 5.15. The molecular formula is C24H27N3O3. The number of benzene rings is 2. The normalized spacial score (nSPS) is 17.0. The van der Waals surface area contributed by atoms with Crippen LogP contribution in [0, 0.1) is 6.92 Å². The Morgan fingerprint density at radius 2 is 1.83 bits per heavy atom. The summed E-state index contributed by atoms with van der Waals surface area (Å²) in [6, 6.07) is 14.2. The van der Waals surface area contributed by atoms with Gasteiger partial charge in [-0.25, -0.2) is 0 Å². The summed E-state index contributed by atoms with van der Waals surface area (Å²) >= 11 is 0. The van der Waals surface area contributed by atoms with Crippen molar-refractivity contribution in [1.82, 2.24) is 14.9 Å². The molecule has 0 radical (unpaired) electrons. The highest BCUT2D eigenvalue weighted by atomic mass is 16.5. The molecule has 0 saturated carbocycles. The minimum atomic E-state index is -0.138. The minimum Gasteiger partial charge on any atom is -0.497 e. The summed E-state index contributed by atoms with van der Waals surface area (Å²) in [5.74, 6) is 1.74. The molecule has 6 nitrogen and oxygen atoms in total. The first-order chi connectivity index (χ1) is 14.7. The number of hydrogen-bond acceptors (Lipinski definition) is 6. The van der Waals surface area contributed by atoms with Gasteiger partial charge in [-0.2, -0.15) is 0 Å². The van der Waals surface area contributed by atoms with E-state index in [0.717, 1.165) is 48.1 Å². The maximum absolute atomic E-state index is 6.11. The van der Waals surface area contributed by atoms with Gasteiger partial charge in [0, 0.05) is 43.2 Å². The number of methoxy groups -OCH3 is 2. The van der Waals surface area contributed by atoms with Crippen molar-refractivity contribution in [2.75, 3.05) is 33.9 Å². The Kier molecular flexibility index (Phi) is 6.26. The van der Waals surface area contributed by atoms with Crippen LogP contribution in [-0.4, -0.2) is 48.8 Å². The first-order valence-electron chi connectivity index (χ1n) is 10.1. The molecule has 1 aliphatic heterocycles. The quantitative estimate of drug-likeness (QED) is 0.617. The van der Waals surface area contributed by atoms with Crippen LogP contribution in [0.25, 0.3) is 11.3 Å². The fourth-order valence-corrected chi connectivity index (χ4v) is 3.79. The van der Waals surface area contributed by atoms with Crippen LogP contribution >= 0.6 is 0 Å². The van der Waals surface area contributed by atoms with Crippen molar-refractivity contribution in [3.63, 3.8) is 0 Å². The number of morpholine rings is 1. The molecule has 4 rings (SSSR count). The number of aryl methyl sites for hydroxylation is 1. The Balaban J connectivity index is 1.55. The molecule has 3 aromatic rings. The molecule has 2 aromatic carbocycles. The van der Waals surface area contributed by atoms with Gasteiger partial charge in [-0.3, -0.25) is 14.9 Å². The second-order valence-electron chi connectivity index (χ2n) is 7.43. The topological polar surface area (TPSA) is 56.7 Å². The molecule has 6 heteroatoms. The van der Waals surface area contributed by atoms with E-state index < -0.39 is 0 Å². The summed E-state index contributed by atoms with van der Waals surface area (Å²) in [4.78, 5) is 11.6. The number of hydrogen-bond donors (Lipinski definition) is 0. The van der Waals surface area contributed by atoms with Crippen LogP contribution in [0.15, 0.2) is 54.9 Å². The molecule has 0 amide bonds. The van der Waals surface area contributed by atoms with Crippen LogP contribution in [0.2, 0.25) is 0 Å². The van der Waals surface area contributed by atoms with Crippen molar-refractivity contribution in [3.05, 3.63) is 71.7 Å². The van der Waals surface area contributed by atoms with Crippen LogP contribution in [0.4, 0.5) is 0 Å². The predicted molar refractivity (Wildman–Crippen MR) is 116 cm³/mol. The van der Waals surface area contributed by atoms with Gasteiger partial charge < -0.3 is 14.2 Å². The fraction of sp³-hybridized carbons (Fsp3) is 0.333. The monoisotopic (exact) mass is 405 g/mol. The van der Waals surface area contributed by atoms with Crippen LogP contribution < -0.4 is 9.47 Å². The molecule has 0 bridgehead atoms. The average molecular weight is 405 g/mol. The molecule has 2 heterocycles. The Morgan fingerprint density at radius 3 is 2.60 bits per heavy atom. The molecule has 0 unspecified atom stereocenters. The van der Waals surface area contributed by atoms with Crippen LogP contribution in [0.5, 0.6) is 11.5 Å². The molecule has 1 aliphatic rings. The molecule has 30 heavy (non-hydrogen) atoms. The van der Waals surface area contributed by atoms with Crippen molar-refractivity contribution in [3.8, 4) is 22.8 Å². The zero-order chi connectivity index (χ0) is 20.9. The molecule has 1 fully saturated rings. The summed E-state index contributed by atoms with van der Waals surface area (Å²) in [5.41, 5.74) is 5.08. The summed E-state index contributed by atoms with van der Waals surface area (Å²) in [6.07, 6.45) is 3.31. The van der Waals surface area contributed by atoms with E-state index in [-0.39, 0.29) is 6.10 Å². The van der Waals surface area contributed by atoms with Gasteiger partial charge in [0.15, 0.2) is 0 Å². The van der Waals surface area contributed by atoms with Gasteiger partial charge >= 0.3 is 0 Å². The largest absolute Gasteiger partial charge is 0.497 e. The van der Waals surface area contributed by atoms with Crippen molar-refractivity contribution in [1.29, 1.82) is 0 Å². The van der Waals surface area contributed by atoms with E-state index in [1.807, 2.05) is 24.3 Å². The standard InChI is InChI=1S/C24H27N3O3/c1-17-4-5-19(21(14-17)29-3)15-27-12-13-30-22(16-27)24-23(25-10-11-26-24)18-6-8-20(28-2)9-7-18/h4-11,14,22H,12-13,15-16H2,1-3H3/t22-/m0/s1. The number of rotatable bonds is 6. The zero-order valence-corrected chi connectivity index (χ0v) is 17.7. The van der Waals surface area contributed by atoms with Gasteiger partial charge in [0.05, 0.1) is 32.2 Å². The van der Waals surface area contributed by atoms with E-state index in [4.69, 9.17) is 14.2 Å². The number of aromatic nitrogens is 2. The van der Waals surface area contributed by atoms with Crippen LogP contribution in [0.1, 0.15) is 22.9 Å². The molecule has 156 valence electrons. The smallest absolute Gasteiger partial charge is 0.123 e. The van der Waals surface area contributed by atoms with E-state index >= 15 is 0 Å². The Morgan fingerprint density at radius 1 is 1.03 bits per heavy atom. The Hall–Kier alpha value is -2.96. The summed E-state index contributed by atoms with van der Waals surface area (Å²) in [5, 5.41) is 0. The maximum atomic E-state index is 6.11. The highest BCUT2D eigenvalue weighted by Crippen LogP contribution is 2.31. The van der Waals surface area contributed by atoms with Crippen LogP contribution in [-0.2, 0) is 11.3 Å². The predicted octanol–water partition coefficient (Wildman–Crippen LogP) is 4.04. The molecule has 0 spiro atoms. The molecular weight excluding hydrogens is 378 g/mol. The van der Waals surface area contributed by atoms with Gasteiger partial charge in [-0.05, 0) is 42.8 Å². The number of ether oxygens (including phenoxy) is 3. The highest BCUT2D eigenvalue weighted by molar-refractivity contribution is 5.62. The van der Waals surface area contributed by atoms with Gasteiger partial charge in [0.1, 0.15) is 17.6 Å². The Labute approximate surface area is 177 Å². The third-order valence-corrected chi connectivity index (χ3v) is 5.38. The minimum absolute atomic E-state index is 0.138. The van der Waals surface area contributed by atoms with Gasteiger partial charge in [-0.1, -0.05) is 12.1 Å². The number of nitrogens with zero attached hydrogens (tertiary/aromatic N) is 3. The van der Waals surface area contributed by atoms with E-state index in [2.05, 4.69) is 40.0 Å². The summed E-state index contributed by atoms with van der Waals surface area (Å²) < 4.78 is 17.0. The van der Waals surface area contributed by atoms with Crippen molar-refractivity contribution in [2.45, 2.75) is 19.6 Å². The fourth-order valence-electron chi connectivity index (χ4n) is 3.79. The SMILES string of the molecule is COc1ccc(-c2nccnc2[C@@H]2CN(Cc3ccc(C)cc3OC)CCO2)cc1. The van der Waals surface area contributed by atoms with Crippen molar-refractivity contribution < 1.29 is 14.2 Å². The third kappa shape index (κ3) is 4.45. The Bertz CT molecular complexity index is 991. The third-order valence-electron chi connectivity index (χ3n) is 5.38. The van der Waals surface area contributed by atoms with Crippen molar-refractivity contribution in [2.24, 2.45) is 0 Å². The molecule has 1 atom stereocenters. The first kappa shape index (κ1) is 20.3. The maximum Gasteiger partial charge on any atom is 0.123 e. The summed E-state index contributed by atoms with van der Waals surface area (Å²) in [7, 11) is 3.39. The first-order valence-corrected chi connectivity index (χ1v) is 10.1. The lowest BCUT2D eigenvalue weighted by molar-refractivity contribution is -0.0350. The zero-order valence-electron chi connectivity index (χ0n) is 17.7. The van der Waals surface area contributed by atoms with Crippen molar-refractivity contribution >= 4 is 0 Å². The lowest BCUT2D eigenvalue weighted by Crippen LogP contribution is -2.38.